The van der Waals surface area contributed by atoms with E-state index in [0.29, 0.717) is 5.92 Å². The van der Waals surface area contributed by atoms with Crippen LogP contribution >= 0.6 is 27.5 Å². The molecule has 0 saturated heterocycles. The lowest BCUT2D eigenvalue weighted by atomic mass is 9.98. The molecule has 1 rings (SSSR count). The highest BCUT2D eigenvalue weighted by Crippen LogP contribution is 2.21. The van der Waals surface area contributed by atoms with Crippen LogP contribution in [0.15, 0.2) is 22.7 Å². The third-order valence-electron chi connectivity index (χ3n) is 2.93. The van der Waals surface area contributed by atoms with E-state index in [1.165, 1.54) is 5.56 Å². The van der Waals surface area contributed by atoms with Crippen LogP contribution < -0.4 is 5.32 Å². The zero-order valence-corrected chi connectivity index (χ0v) is 12.4. The fraction of sp³-hybridized carbons (Fsp3) is 0.538. The third kappa shape index (κ3) is 4.44. The Labute approximate surface area is 112 Å². The van der Waals surface area contributed by atoms with Crippen LogP contribution in [0.5, 0.6) is 0 Å². The van der Waals surface area contributed by atoms with Gasteiger partial charge in [0, 0.05) is 16.0 Å². The smallest absolute Gasteiger partial charge is 0.0417 e. The number of halogens is 2. The Balaban J connectivity index is 2.43. The predicted octanol–water partition coefficient (Wildman–Crippen LogP) is 4.48. The van der Waals surface area contributed by atoms with Crippen LogP contribution in [0.3, 0.4) is 0 Å². The topological polar surface area (TPSA) is 12.0 Å². The fourth-order valence-electron chi connectivity index (χ4n) is 1.34. The molecule has 0 saturated carbocycles. The quantitative estimate of drug-likeness (QED) is 0.845. The predicted molar refractivity (Wildman–Crippen MR) is 74.9 cm³/mol. The van der Waals surface area contributed by atoms with E-state index in [4.69, 9.17) is 11.6 Å². The Morgan fingerprint density at radius 3 is 2.56 bits per heavy atom. The van der Waals surface area contributed by atoms with Gasteiger partial charge in [-0.2, -0.15) is 0 Å². The Morgan fingerprint density at radius 2 is 2.00 bits per heavy atom. The average molecular weight is 305 g/mol. The standard InChI is InChI=1S/C13H19BrClN/c1-9(2)10(3)7-16-8-11-4-5-12(15)6-13(11)14/h4-6,9-10,16H,7-8H2,1-3H3. The molecule has 0 amide bonds. The van der Waals surface area contributed by atoms with E-state index in [-0.39, 0.29) is 0 Å². The van der Waals surface area contributed by atoms with Gasteiger partial charge in [-0.05, 0) is 36.1 Å². The van der Waals surface area contributed by atoms with Crippen molar-refractivity contribution < 1.29 is 0 Å². The van der Waals surface area contributed by atoms with Crippen LogP contribution in [-0.4, -0.2) is 6.54 Å². The van der Waals surface area contributed by atoms with E-state index < -0.39 is 0 Å². The fourth-order valence-corrected chi connectivity index (χ4v) is 2.16. The molecule has 1 atom stereocenters. The molecule has 1 N–H and O–H groups in total. The minimum atomic E-state index is 0.700. The highest BCUT2D eigenvalue weighted by Gasteiger charge is 2.06. The lowest BCUT2D eigenvalue weighted by Gasteiger charge is -2.16. The summed E-state index contributed by atoms with van der Waals surface area (Å²) in [5.41, 5.74) is 1.25. The second-order valence-electron chi connectivity index (χ2n) is 4.59. The van der Waals surface area contributed by atoms with Gasteiger partial charge in [0.05, 0.1) is 0 Å². The van der Waals surface area contributed by atoms with Crippen LogP contribution in [0.1, 0.15) is 26.3 Å². The first-order valence-corrected chi connectivity index (χ1v) is 6.82. The number of rotatable bonds is 5. The Morgan fingerprint density at radius 1 is 1.31 bits per heavy atom. The number of hydrogen-bond donors (Lipinski definition) is 1. The van der Waals surface area contributed by atoms with Gasteiger partial charge in [-0.25, -0.2) is 0 Å². The summed E-state index contributed by atoms with van der Waals surface area (Å²) in [6.45, 7) is 8.71. The molecule has 16 heavy (non-hydrogen) atoms. The van der Waals surface area contributed by atoms with E-state index in [9.17, 15) is 0 Å². The molecule has 0 bridgehead atoms. The second-order valence-corrected chi connectivity index (χ2v) is 5.88. The molecule has 0 aliphatic rings. The van der Waals surface area contributed by atoms with Crippen LogP contribution in [0.25, 0.3) is 0 Å². The maximum atomic E-state index is 5.89. The normalized spacial score (nSPS) is 13.1. The van der Waals surface area contributed by atoms with Crippen molar-refractivity contribution in [1.82, 2.24) is 5.32 Å². The summed E-state index contributed by atoms with van der Waals surface area (Å²) in [4.78, 5) is 0. The van der Waals surface area contributed by atoms with Crippen molar-refractivity contribution in [3.8, 4) is 0 Å². The van der Waals surface area contributed by atoms with Gasteiger partial charge in [-0.3, -0.25) is 0 Å². The lowest BCUT2D eigenvalue weighted by Crippen LogP contribution is -2.23. The largest absolute Gasteiger partial charge is 0.312 e. The molecule has 1 aromatic rings. The molecule has 1 nitrogen and oxygen atoms in total. The maximum absolute atomic E-state index is 5.89. The molecule has 0 aliphatic carbocycles. The minimum absolute atomic E-state index is 0.700. The first-order chi connectivity index (χ1) is 7.50. The first-order valence-electron chi connectivity index (χ1n) is 5.65. The number of nitrogens with one attached hydrogen (secondary N) is 1. The summed E-state index contributed by atoms with van der Waals surface area (Å²) >= 11 is 9.41. The van der Waals surface area contributed by atoms with Gasteiger partial charge in [0.25, 0.3) is 0 Å². The van der Waals surface area contributed by atoms with Gasteiger partial charge < -0.3 is 5.32 Å². The van der Waals surface area contributed by atoms with Crippen molar-refractivity contribution in [1.29, 1.82) is 0 Å². The van der Waals surface area contributed by atoms with Crippen LogP contribution in [0.4, 0.5) is 0 Å². The van der Waals surface area contributed by atoms with Crippen molar-refractivity contribution in [2.45, 2.75) is 27.3 Å². The average Bonchev–Trinajstić information content (AvgIpc) is 2.20. The van der Waals surface area contributed by atoms with Gasteiger partial charge in [-0.15, -0.1) is 0 Å². The van der Waals surface area contributed by atoms with Crippen molar-refractivity contribution >= 4 is 27.5 Å². The molecule has 90 valence electrons. The van der Waals surface area contributed by atoms with E-state index in [2.05, 4.69) is 48.1 Å². The summed E-state index contributed by atoms with van der Waals surface area (Å²) in [5.74, 6) is 1.42. The minimum Gasteiger partial charge on any atom is -0.312 e. The monoisotopic (exact) mass is 303 g/mol. The zero-order valence-electron chi connectivity index (χ0n) is 10.1. The molecule has 0 aromatic heterocycles. The van der Waals surface area contributed by atoms with Gasteiger partial charge in [0.15, 0.2) is 0 Å². The van der Waals surface area contributed by atoms with Gasteiger partial charge in [0.1, 0.15) is 0 Å². The zero-order chi connectivity index (χ0) is 12.1. The van der Waals surface area contributed by atoms with Crippen molar-refractivity contribution in [2.24, 2.45) is 11.8 Å². The molecule has 0 spiro atoms. The first kappa shape index (κ1) is 14.0. The highest BCUT2D eigenvalue weighted by atomic mass is 79.9. The van der Waals surface area contributed by atoms with E-state index in [0.717, 1.165) is 28.5 Å². The maximum Gasteiger partial charge on any atom is 0.0417 e. The van der Waals surface area contributed by atoms with Gasteiger partial charge in [-0.1, -0.05) is 54.4 Å². The summed E-state index contributed by atoms with van der Waals surface area (Å²) in [6, 6.07) is 5.92. The third-order valence-corrected chi connectivity index (χ3v) is 3.91. The van der Waals surface area contributed by atoms with Gasteiger partial charge in [0.2, 0.25) is 0 Å². The molecule has 0 fully saturated rings. The summed E-state index contributed by atoms with van der Waals surface area (Å²) in [7, 11) is 0. The second kappa shape index (κ2) is 6.63. The van der Waals surface area contributed by atoms with Gasteiger partial charge >= 0.3 is 0 Å². The molecule has 0 radical (unpaired) electrons. The molecule has 0 heterocycles. The van der Waals surface area contributed by atoms with Crippen molar-refractivity contribution in [3.05, 3.63) is 33.3 Å². The molecule has 0 aliphatic heterocycles. The van der Waals surface area contributed by atoms with Crippen LogP contribution in [0.2, 0.25) is 5.02 Å². The lowest BCUT2D eigenvalue weighted by molar-refractivity contribution is 0.392. The molecular formula is C13H19BrClN. The van der Waals surface area contributed by atoms with Crippen molar-refractivity contribution in [3.63, 3.8) is 0 Å². The summed E-state index contributed by atoms with van der Waals surface area (Å²) in [6.07, 6.45) is 0. The molecule has 3 heteroatoms. The molecule has 1 unspecified atom stereocenters. The van der Waals surface area contributed by atoms with Crippen molar-refractivity contribution in [2.75, 3.05) is 6.54 Å². The Hall–Kier alpha value is -0.0500. The number of hydrogen-bond acceptors (Lipinski definition) is 1. The van der Waals surface area contributed by atoms with E-state index in [1.807, 2.05) is 12.1 Å². The number of benzene rings is 1. The summed E-state index contributed by atoms with van der Waals surface area (Å²) < 4.78 is 1.07. The van der Waals surface area contributed by atoms with E-state index >= 15 is 0 Å². The van der Waals surface area contributed by atoms with E-state index in [1.54, 1.807) is 0 Å². The highest BCUT2D eigenvalue weighted by molar-refractivity contribution is 9.10. The SMILES string of the molecule is CC(C)C(C)CNCc1ccc(Cl)cc1Br. The van der Waals surface area contributed by atoms with Crippen LogP contribution in [-0.2, 0) is 6.54 Å². The molecular weight excluding hydrogens is 286 g/mol. The molecule has 1 aromatic carbocycles. The summed E-state index contributed by atoms with van der Waals surface area (Å²) in [5, 5.41) is 4.24. The Kier molecular flexibility index (Phi) is 5.81. The Bertz CT molecular complexity index is 339. The van der Waals surface area contributed by atoms with Crippen LogP contribution in [0, 0.1) is 11.8 Å².